The van der Waals surface area contributed by atoms with Crippen LogP contribution in [0.5, 0.6) is 0 Å². The van der Waals surface area contributed by atoms with E-state index in [2.05, 4.69) is 27.6 Å². The number of hydrogen-bond acceptors (Lipinski definition) is 4. The van der Waals surface area contributed by atoms with Crippen LogP contribution >= 0.6 is 24.0 Å². The van der Waals surface area contributed by atoms with Crippen LogP contribution < -0.4 is 10.6 Å². The largest absolute Gasteiger partial charge is 0.444 e. The Bertz CT molecular complexity index is 557. The molecule has 0 spiro atoms. The SMILES string of the molecule is CN=C(NCCCn1cccn1)NCC(C)CN(C)C(=O)OC(C)(C)C.I. The number of rotatable bonds is 8. The van der Waals surface area contributed by atoms with Crippen molar-refractivity contribution in [2.45, 2.75) is 46.3 Å². The van der Waals surface area contributed by atoms with Crippen molar-refractivity contribution in [2.75, 3.05) is 33.7 Å². The van der Waals surface area contributed by atoms with Gasteiger partial charge < -0.3 is 20.3 Å². The molecule has 1 heterocycles. The molecule has 0 aliphatic carbocycles. The van der Waals surface area contributed by atoms with Gasteiger partial charge >= 0.3 is 6.09 Å². The molecule has 8 nitrogen and oxygen atoms in total. The maximum absolute atomic E-state index is 12.0. The fraction of sp³-hybridized carbons (Fsp3) is 0.722. The molecule has 0 radical (unpaired) electrons. The predicted molar refractivity (Wildman–Crippen MR) is 120 cm³/mol. The van der Waals surface area contributed by atoms with Gasteiger partial charge in [-0.25, -0.2) is 4.79 Å². The van der Waals surface area contributed by atoms with Gasteiger partial charge in [0.1, 0.15) is 5.60 Å². The Hall–Kier alpha value is -1.52. The van der Waals surface area contributed by atoms with E-state index < -0.39 is 5.60 Å². The molecule has 1 atom stereocenters. The maximum atomic E-state index is 12.0. The second-order valence-electron chi connectivity index (χ2n) is 7.47. The number of guanidine groups is 1. The molecule has 156 valence electrons. The fourth-order valence-electron chi connectivity index (χ4n) is 2.32. The summed E-state index contributed by atoms with van der Waals surface area (Å²) in [5.74, 6) is 1.02. The molecule has 2 N–H and O–H groups in total. The third-order valence-electron chi connectivity index (χ3n) is 3.55. The molecule has 0 bridgehead atoms. The summed E-state index contributed by atoms with van der Waals surface area (Å²) in [6.45, 7) is 10.7. The molecule has 1 aromatic heterocycles. The summed E-state index contributed by atoms with van der Waals surface area (Å²) in [4.78, 5) is 17.8. The lowest BCUT2D eigenvalue weighted by molar-refractivity contribution is 0.0278. The number of amides is 1. The first-order valence-electron chi connectivity index (χ1n) is 9.07. The quantitative estimate of drug-likeness (QED) is 0.251. The highest BCUT2D eigenvalue weighted by atomic mass is 127. The van der Waals surface area contributed by atoms with Gasteiger partial charge in [-0.05, 0) is 39.2 Å². The van der Waals surface area contributed by atoms with E-state index in [1.54, 1.807) is 25.2 Å². The van der Waals surface area contributed by atoms with Crippen molar-refractivity contribution in [3.05, 3.63) is 18.5 Å². The van der Waals surface area contributed by atoms with Crippen LogP contribution in [0.15, 0.2) is 23.5 Å². The van der Waals surface area contributed by atoms with E-state index >= 15 is 0 Å². The molecule has 0 saturated heterocycles. The average Bonchev–Trinajstić information content (AvgIpc) is 3.05. The summed E-state index contributed by atoms with van der Waals surface area (Å²) < 4.78 is 7.28. The first-order valence-corrected chi connectivity index (χ1v) is 9.07. The molecule has 1 aromatic rings. The zero-order valence-corrected chi connectivity index (χ0v) is 19.7. The molecule has 0 fully saturated rings. The number of nitrogens with zero attached hydrogens (tertiary/aromatic N) is 4. The van der Waals surface area contributed by atoms with Crippen molar-refractivity contribution >= 4 is 36.0 Å². The lowest BCUT2D eigenvalue weighted by atomic mass is 10.1. The summed E-state index contributed by atoms with van der Waals surface area (Å²) >= 11 is 0. The van der Waals surface area contributed by atoms with Gasteiger partial charge in [0.25, 0.3) is 0 Å². The van der Waals surface area contributed by atoms with E-state index in [4.69, 9.17) is 4.74 Å². The third kappa shape index (κ3) is 11.7. The molecular weight excluding hydrogens is 459 g/mol. The average molecular weight is 494 g/mol. The van der Waals surface area contributed by atoms with Crippen LogP contribution in [0.2, 0.25) is 0 Å². The number of aliphatic imine (C=N–C) groups is 1. The molecule has 9 heteroatoms. The van der Waals surface area contributed by atoms with Crippen LogP contribution in [0.25, 0.3) is 0 Å². The summed E-state index contributed by atoms with van der Waals surface area (Å²) in [6.07, 6.45) is 4.39. The van der Waals surface area contributed by atoms with E-state index in [1.807, 2.05) is 37.7 Å². The van der Waals surface area contributed by atoms with Crippen molar-refractivity contribution in [1.82, 2.24) is 25.3 Å². The number of hydrogen-bond donors (Lipinski definition) is 2. The van der Waals surface area contributed by atoms with Gasteiger partial charge in [0.2, 0.25) is 0 Å². The number of ether oxygens (including phenoxy) is 1. The number of aromatic nitrogens is 2. The van der Waals surface area contributed by atoms with Crippen LogP contribution in [0.4, 0.5) is 4.79 Å². The lowest BCUT2D eigenvalue weighted by Crippen LogP contribution is -2.43. The van der Waals surface area contributed by atoms with E-state index in [-0.39, 0.29) is 36.0 Å². The van der Waals surface area contributed by atoms with Crippen LogP contribution in [0.3, 0.4) is 0 Å². The molecule has 0 saturated carbocycles. The van der Waals surface area contributed by atoms with Crippen LogP contribution in [-0.4, -0.2) is 66.1 Å². The first kappa shape index (κ1) is 25.5. The summed E-state index contributed by atoms with van der Waals surface area (Å²) in [5.41, 5.74) is -0.477. The van der Waals surface area contributed by atoms with Gasteiger partial charge in [-0.1, -0.05) is 6.92 Å². The minimum absolute atomic E-state index is 0. The van der Waals surface area contributed by atoms with Crippen LogP contribution in [-0.2, 0) is 11.3 Å². The highest BCUT2D eigenvalue weighted by Gasteiger charge is 2.20. The summed E-state index contributed by atoms with van der Waals surface area (Å²) in [7, 11) is 3.51. The normalized spacial score (nSPS) is 12.7. The molecule has 0 aliphatic rings. The van der Waals surface area contributed by atoms with Gasteiger partial charge in [0, 0.05) is 52.7 Å². The Balaban J connectivity index is 0.00000676. The van der Waals surface area contributed by atoms with E-state index in [9.17, 15) is 4.79 Å². The predicted octanol–water partition coefficient (Wildman–Crippen LogP) is 2.56. The smallest absolute Gasteiger partial charge is 0.410 e. The number of aryl methyl sites for hydroxylation is 1. The van der Waals surface area contributed by atoms with Crippen molar-refractivity contribution < 1.29 is 9.53 Å². The topological polar surface area (TPSA) is 83.8 Å². The second-order valence-corrected chi connectivity index (χ2v) is 7.47. The lowest BCUT2D eigenvalue weighted by Gasteiger charge is -2.26. The minimum Gasteiger partial charge on any atom is -0.444 e. The molecule has 1 rings (SSSR count). The van der Waals surface area contributed by atoms with Gasteiger partial charge in [0.05, 0.1) is 0 Å². The third-order valence-corrected chi connectivity index (χ3v) is 3.55. The van der Waals surface area contributed by atoms with E-state index in [0.717, 1.165) is 25.5 Å². The van der Waals surface area contributed by atoms with Crippen molar-refractivity contribution in [1.29, 1.82) is 0 Å². The molecule has 0 aromatic carbocycles. The van der Waals surface area contributed by atoms with Crippen molar-refractivity contribution in [2.24, 2.45) is 10.9 Å². The Morgan fingerprint density at radius 1 is 1.37 bits per heavy atom. The second kappa shape index (κ2) is 12.8. The van der Waals surface area contributed by atoms with Crippen LogP contribution in [0, 0.1) is 5.92 Å². The zero-order chi connectivity index (χ0) is 19.6. The number of carbonyl (C=O) groups excluding carboxylic acids is 1. The standard InChI is InChI=1S/C18H34N6O2.HI/c1-15(14-23(6)17(25)26-18(2,3)4)13-21-16(19-5)20-9-7-11-24-12-8-10-22-24;/h8,10,12,15H,7,9,11,13-14H2,1-6H3,(H2,19,20,21);1H. The molecule has 1 amide bonds. The van der Waals surface area contributed by atoms with Gasteiger partial charge in [-0.2, -0.15) is 5.10 Å². The number of carbonyl (C=O) groups is 1. The zero-order valence-electron chi connectivity index (χ0n) is 17.4. The molecule has 0 aliphatic heterocycles. The minimum atomic E-state index is -0.477. The highest BCUT2D eigenvalue weighted by molar-refractivity contribution is 14.0. The van der Waals surface area contributed by atoms with E-state index in [0.29, 0.717) is 13.1 Å². The monoisotopic (exact) mass is 494 g/mol. The Labute approximate surface area is 180 Å². The van der Waals surface area contributed by atoms with Crippen LogP contribution in [0.1, 0.15) is 34.1 Å². The summed E-state index contributed by atoms with van der Waals surface area (Å²) in [5, 5.41) is 10.8. The van der Waals surface area contributed by atoms with Gasteiger partial charge in [-0.15, -0.1) is 24.0 Å². The maximum Gasteiger partial charge on any atom is 0.410 e. The summed E-state index contributed by atoms with van der Waals surface area (Å²) in [6, 6.07) is 1.92. The Kier molecular flexibility index (Phi) is 12.1. The Morgan fingerprint density at radius 2 is 2.07 bits per heavy atom. The van der Waals surface area contributed by atoms with Gasteiger partial charge in [-0.3, -0.25) is 9.67 Å². The number of halogens is 1. The van der Waals surface area contributed by atoms with Gasteiger partial charge in [0.15, 0.2) is 5.96 Å². The highest BCUT2D eigenvalue weighted by Crippen LogP contribution is 2.10. The molecule has 27 heavy (non-hydrogen) atoms. The number of nitrogens with one attached hydrogen (secondary N) is 2. The Morgan fingerprint density at radius 3 is 2.63 bits per heavy atom. The fourth-order valence-corrected chi connectivity index (χ4v) is 2.32. The molecule has 1 unspecified atom stereocenters. The first-order chi connectivity index (χ1) is 12.2. The van der Waals surface area contributed by atoms with Crippen molar-refractivity contribution in [3.8, 4) is 0 Å². The van der Waals surface area contributed by atoms with E-state index in [1.165, 1.54) is 0 Å². The van der Waals surface area contributed by atoms with Crippen molar-refractivity contribution in [3.63, 3.8) is 0 Å². The molecular formula is C18H35IN6O2.